The smallest absolute Gasteiger partial charge is 0.193 e. The van der Waals surface area contributed by atoms with Crippen LogP contribution < -0.4 is 10.1 Å². The van der Waals surface area contributed by atoms with Crippen LogP contribution >= 0.6 is 11.6 Å². The molecule has 112 valence electrons. The fourth-order valence-electron chi connectivity index (χ4n) is 1.59. The van der Waals surface area contributed by atoms with Crippen LogP contribution in [0.15, 0.2) is 29.3 Å². The zero-order valence-corrected chi connectivity index (χ0v) is 13.0. The van der Waals surface area contributed by atoms with E-state index in [1.165, 1.54) is 0 Å². The molecule has 20 heavy (non-hydrogen) atoms. The summed E-state index contributed by atoms with van der Waals surface area (Å²) in [4.78, 5) is 6.21. The zero-order chi connectivity index (χ0) is 14.8. The van der Waals surface area contributed by atoms with E-state index < -0.39 is 0 Å². The molecule has 5 nitrogen and oxygen atoms in total. The summed E-state index contributed by atoms with van der Waals surface area (Å²) in [5.74, 6) is 1.63. The molecule has 0 spiro atoms. The summed E-state index contributed by atoms with van der Waals surface area (Å²) in [6, 6.07) is 7.33. The van der Waals surface area contributed by atoms with E-state index in [0.29, 0.717) is 18.2 Å². The van der Waals surface area contributed by atoms with Crippen LogP contribution in [0.1, 0.15) is 0 Å². The molecule has 0 bridgehead atoms. The maximum Gasteiger partial charge on any atom is 0.193 e. The van der Waals surface area contributed by atoms with Gasteiger partial charge in [0.1, 0.15) is 12.4 Å². The average molecular weight is 300 g/mol. The minimum atomic E-state index is 0.573. The third kappa shape index (κ3) is 6.12. The molecule has 0 aliphatic carbocycles. The second-order valence-corrected chi connectivity index (χ2v) is 4.63. The van der Waals surface area contributed by atoms with Gasteiger partial charge in [0.15, 0.2) is 5.96 Å². The molecule has 0 saturated heterocycles. The molecule has 0 unspecified atom stereocenters. The molecule has 1 N–H and O–H groups in total. The van der Waals surface area contributed by atoms with Crippen molar-refractivity contribution >= 4 is 17.6 Å². The first-order valence-corrected chi connectivity index (χ1v) is 6.84. The van der Waals surface area contributed by atoms with Crippen molar-refractivity contribution in [1.29, 1.82) is 0 Å². The number of halogens is 1. The molecule has 0 aliphatic rings. The Labute approximate surface area is 125 Å². The Morgan fingerprint density at radius 2 is 2.00 bits per heavy atom. The maximum absolute atomic E-state index is 5.82. The average Bonchev–Trinajstić information content (AvgIpc) is 2.45. The molecule has 0 saturated carbocycles. The van der Waals surface area contributed by atoms with Crippen LogP contribution in [0.4, 0.5) is 0 Å². The number of methoxy groups -OCH3 is 1. The minimum absolute atomic E-state index is 0.573. The number of nitrogens with zero attached hydrogens (tertiary/aromatic N) is 2. The molecule has 0 fully saturated rings. The first-order valence-electron chi connectivity index (χ1n) is 6.46. The van der Waals surface area contributed by atoms with Gasteiger partial charge < -0.3 is 19.7 Å². The van der Waals surface area contributed by atoms with Gasteiger partial charge in [0.05, 0.1) is 13.2 Å². The van der Waals surface area contributed by atoms with Crippen molar-refractivity contribution in [3.63, 3.8) is 0 Å². The number of hydrogen-bond donors (Lipinski definition) is 1. The van der Waals surface area contributed by atoms with E-state index in [4.69, 9.17) is 21.1 Å². The lowest BCUT2D eigenvalue weighted by molar-refractivity contribution is 0.202. The molecule has 1 aromatic rings. The van der Waals surface area contributed by atoms with Crippen LogP contribution in [0, 0.1) is 0 Å². The van der Waals surface area contributed by atoms with Crippen molar-refractivity contribution in [2.75, 3.05) is 47.5 Å². The van der Waals surface area contributed by atoms with Crippen LogP contribution in [0.3, 0.4) is 0 Å². The molecule has 1 rings (SSSR count). The summed E-state index contributed by atoms with van der Waals surface area (Å²) >= 11 is 5.82. The summed E-state index contributed by atoms with van der Waals surface area (Å²) in [7, 11) is 5.40. The first-order chi connectivity index (χ1) is 9.67. The normalized spacial score (nSPS) is 11.3. The van der Waals surface area contributed by atoms with Gasteiger partial charge in [-0.2, -0.15) is 0 Å². The number of hydrogen-bond acceptors (Lipinski definition) is 3. The van der Waals surface area contributed by atoms with Crippen LogP contribution in [0.5, 0.6) is 5.75 Å². The summed E-state index contributed by atoms with van der Waals surface area (Å²) in [5, 5.41) is 3.91. The molecule has 0 heterocycles. The van der Waals surface area contributed by atoms with E-state index in [1.54, 1.807) is 14.2 Å². The van der Waals surface area contributed by atoms with Gasteiger partial charge in [0.25, 0.3) is 0 Å². The second kappa shape index (κ2) is 9.44. The lowest BCUT2D eigenvalue weighted by Crippen LogP contribution is -2.42. The van der Waals surface area contributed by atoms with Crippen LogP contribution in [0.25, 0.3) is 0 Å². The highest BCUT2D eigenvalue weighted by molar-refractivity contribution is 6.30. The standard InChI is InChI=1S/C14H22ClN3O2/c1-16-14(17-8-10-19-3)18(2)9-11-20-13-6-4-12(15)5-7-13/h4-7H,8-11H2,1-3H3,(H,16,17). The highest BCUT2D eigenvalue weighted by atomic mass is 35.5. The van der Waals surface area contributed by atoms with Crippen LogP contribution in [-0.2, 0) is 4.74 Å². The van der Waals surface area contributed by atoms with Gasteiger partial charge in [-0.05, 0) is 24.3 Å². The molecular formula is C14H22ClN3O2. The Bertz CT molecular complexity index is 409. The van der Waals surface area contributed by atoms with Crippen molar-refractivity contribution < 1.29 is 9.47 Å². The van der Waals surface area contributed by atoms with Crippen molar-refractivity contribution in [3.05, 3.63) is 29.3 Å². The van der Waals surface area contributed by atoms with E-state index in [2.05, 4.69) is 10.3 Å². The predicted octanol–water partition coefficient (Wildman–Crippen LogP) is 1.87. The summed E-state index contributed by atoms with van der Waals surface area (Å²) < 4.78 is 10.6. The second-order valence-electron chi connectivity index (χ2n) is 4.19. The molecule has 0 aromatic heterocycles. The SMILES string of the molecule is CN=C(NCCOC)N(C)CCOc1ccc(Cl)cc1. The third-order valence-corrected chi connectivity index (χ3v) is 2.92. The Balaban J connectivity index is 2.30. The fraction of sp³-hybridized carbons (Fsp3) is 0.500. The Kier molecular flexibility index (Phi) is 7.84. The lowest BCUT2D eigenvalue weighted by Gasteiger charge is -2.22. The van der Waals surface area contributed by atoms with E-state index in [0.717, 1.165) is 24.8 Å². The number of guanidine groups is 1. The van der Waals surface area contributed by atoms with Gasteiger partial charge in [-0.15, -0.1) is 0 Å². The number of aliphatic imine (C=N–C) groups is 1. The Morgan fingerprint density at radius 3 is 2.60 bits per heavy atom. The highest BCUT2D eigenvalue weighted by Gasteiger charge is 2.05. The van der Waals surface area contributed by atoms with E-state index in [9.17, 15) is 0 Å². The topological polar surface area (TPSA) is 46.1 Å². The van der Waals surface area contributed by atoms with Gasteiger partial charge in [0.2, 0.25) is 0 Å². The van der Waals surface area contributed by atoms with E-state index in [-0.39, 0.29) is 0 Å². The molecule has 0 atom stereocenters. The monoisotopic (exact) mass is 299 g/mol. The number of rotatable bonds is 7. The third-order valence-electron chi connectivity index (χ3n) is 2.67. The lowest BCUT2D eigenvalue weighted by atomic mass is 10.3. The van der Waals surface area contributed by atoms with Gasteiger partial charge in [-0.25, -0.2) is 0 Å². The molecule has 0 amide bonds. The largest absolute Gasteiger partial charge is 0.492 e. The van der Waals surface area contributed by atoms with Crippen LogP contribution in [0.2, 0.25) is 5.02 Å². The molecule has 6 heteroatoms. The Morgan fingerprint density at radius 1 is 1.30 bits per heavy atom. The fourth-order valence-corrected chi connectivity index (χ4v) is 1.71. The summed E-state index contributed by atoms with van der Waals surface area (Å²) in [6.07, 6.45) is 0. The van der Waals surface area contributed by atoms with Gasteiger partial charge in [-0.3, -0.25) is 4.99 Å². The number of nitrogens with one attached hydrogen (secondary N) is 1. The Hall–Kier alpha value is -1.46. The maximum atomic E-state index is 5.82. The zero-order valence-electron chi connectivity index (χ0n) is 12.2. The van der Waals surface area contributed by atoms with Gasteiger partial charge >= 0.3 is 0 Å². The molecular weight excluding hydrogens is 278 g/mol. The number of ether oxygens (including phenoxy) is 2. The quantitative estimate of drug-likeness (QED) is 0.474. The van der Waals surface area contributed by atoms with Crippen molar-refractivity contribution in [1.82, 2.24) is 10.2 Å². The van der Waals surface area contributed by atoms with Crippen molar-refractivity contribution in [2.45, 2.75) is 0 Å². The van der Waals surface area contributed by atoms with Crippen molar-refractivity contribution in [2.24, 2.45) is 4.99 Å². The minimum Gasteiger partial charge on any atom is -0.492 e. The molecule has 1 aromatic carbocycles. The molecule has 0 radical (unpaired) electrons. The van der Waals surface area contributed by atoms with Crippen molar-refractivity contribution in [3.8, 4) is 5.75 Å². The number of benzene rings is 1. The summed E-state index contributed by atoms with van der Waals surface area (Å²) in [6.45, 7) is 2.68. The molecule has 0 aliphatic heterocycles. The van der Waals surface area contributed by atoms with E-state index in [1.807, 2.05) is 36.2 Å². The number of likely N-dealkylation sites (N-methyl/N-ethyl adjacent to an activating group) is 1. The predicted molar refractivity (Wildman–Crippen MR) is 82.8 cm³/mol. The van der Waals surface area contributed by atoms with Crippen LogP contribution in [-0.4, -0.2) is 58.4 Å². The van der Waals surface area contributed by atoms with Gasteiger partial charge in [0, 0.05) is 32.8 Å². The highest BCUT2D eigenvalue weighted by Crippen LogP contribution is 2.15. The first kappa shape index (κ1) is 16.6. The van der Waals surface area contributed by atoms with E-state index >= 15 is 0 Å². The summed E-state index contributed by atoms with van der Waals surface area (Å²) in [5.41, 5.74) is 0. The van der Waals surface area contributed by atoms with Gasteiger partial charge in [-0.1, -0.05) is 11.6 Å².